The van der Waals surface area contributed by atoms with Gasteiger partial charge in [0.1, 0.15) is 0 Å². The van der Waals surface area contributed by atoms with Crippen LogP contribution in [0.25, 0.3) is 0 Å². The Labute approximate surface area is 57.0 Å². The van der Waals surface area contributed by atoms with Gasteiger partial charge in [0.05, 0.1) is 6.17 Å². The van der Waals surface area contributed by atoms with E-state index in [9.17, 15) is 0 Å². The first-order valence-corrected chi connectivity index (χ1v) is 3.73. The van der Waals surface area contributed by atoms with E-state index in [-0.39, 0.29) is 0 Å². The average molecular weight is 128 g/mol. The van der Waals surface area contributed by atoms with E-state index in [0.29, 0.717) is 6.17 Å². The maximum Gasteiger partial charge on any atom is 0.0571 e. The van der Waals surface area contributed by atoms with Crippen LogP contribution < -0.4 is 10.6 Å². The van der Waals surface area contributed by atoms with E-state index in [4.69, 9.17) is 0 Å². The smallest absolute Gasteiger partial charge is 0.0571 e. The largest absolute Gasteiger partial charge is 0.305 e. The maximum atomic E-state index is 3.39. The van der Waals surface area contributed by atoms with Gasteiger partial charge in [0.2, 0.25) is 0 Å². The van der Waals surface area contributed by atoms with Crippen LogP contribution in [0, 0.1) is 5.92 Å². The summed E-state index contributed by atoms with van der Waals surface area (Å²) in [6.07, 6.45) is 3.17. The standard InChI is InChI=1S/C7H16N2/c1-6-3-4-9-7(5-6)8-2/h6-9H,3-5H2,1-2H3. The van der Waals surface area contributed by atoms with Gasteiger partial charge < -0.3 is 10.6 Å². The van der Waals surface area contributed by atoms with Crippen molar-refractivity contribution in [2.45, 2.75) is 25.9 Å². The highest BCUT2D eigenvalue weighted by Crippen LogP contribution is 2.12. The Kier molecular flexibility index (Phi) is 2.49. The Morgan fingerprint density at radius 3 is 2.78 bits per heavy atom. The third-order valence-corrected chi connectivity index (χ3v) is 2.01. The van der Waals surface area contributed by atoms with Gasteiger partial charge in [-0.2, -0.15) is 0 Å². The number of piperidine rings is 1. The minimum Gasteiger partial charge on any atom is -0.305 e. The topological polar surface area (TPSA) is 24.1 Å². The van der Waals surface area contributed by atoms with Crippen molar-refractivity contribution in [2.24, 2.45) is 5.92 Å². The molecule has 1 saturated heterocycles. The summed E-state index contributed by atoms with van der Waals surface area (Å²) in [7, 11) is 2.01. The molecule has 0 radical (unpaired) electrons. The molecule has 0 bridgehead atoms. The number of nitrogens with one attached hydrogen (secondary N) is 2. The Hall–Kier alpha value is -0.0800. The van der Waals surface area contributed by atoms with Gasteiger partial charge in [-0.1, -0.05) is 6.92 Å². The zero-order valence-electron chi connectivity index (χ0n) is 6.28. The summed E-state index contributed by atoms with van der Waals surface area (Å²) < 4.78 is 0. The molecule has 1 fully saturated rings. The maximum absolute atomic E-state index is 3.39. The van der Waals surface area contributed by atoms with Crippen molar-refractivity contribution in [3.63, 3.8) is 0 Å². The molecule has 0 amide bonds. The summed E-state index contributed by atoms with van der Waals surface area (Å²) in [4.78, 5) is 0. The quantitative estimate of drug-likeness (QED) is 0.539. The highest BCUT2D eigenvalue weighted by molar-refractivity contribution is 4.72. The molecule has 9 heavy (non-hydrogen) atoms. The van der Waals surface area contributed by atoms with Crippen LogP contribution >= 0.6 is 0 Å². The molecule has 2 heteroatoms. The van der Waals surface area contributed by atoms with Crippen molar-refractivity contribution < 1.29 is 0 Å². The fraction of sp³-hybridized carbons (Fsp3) is 1.00. The van der Waals surface area contributed by atoms with Crippen LogP contribution in [0.3, 0.4) is 0 Å². The lowest BCUT2D eigenvalue weighted by Crippen LogP contribution is -2.45. The Bertz CT molecular complexity index is 83.0. The van der Waals surface area contributed by atoms with Gasteiger partial charge in [0.15, 0.2) is 0 Å². The van der Waals surface area contributed by atoms with Crippen LogP contribution in [0.4, 0.5) is 0 Å². The molecule has 0 spiro atoms. The van der Waals surface area contributed by atoms with Gasteiger partial charge in [-0.3, -0.25) is 0 Å². The van der Waals surface area contributed by atoms with Crippen molar-refractivity contribution in [2.75, 3.05) is 13.6 Å². The molecule has 2 atom stereocenters. The number of rotatable bonds is 1. The summed E-state index contributed by atoms with van der Waals surface area (Å²) in [6, 6.07) is 0. The summed E-state index contributed by atoms with van der Waals surface area (Å²) >= 11 is 0. The van der Waals surface area contributed by atoms with Crippen molar-refractivity contribution in [1.82, 2.24) is 10.6 Å². The van der Waals surface area contributed by atoms with E-state index < -0.39 is 0 Å². The molecule has 0 aromatic rings. The first kappa shape index (κ1) is 7.03. The zero-order valence-corrected chi connectivity index (χ0v) is 6.28. The second-order valence-corrected chi connectivity index (χ2v) is 2.92. The number of hydrogen-bond acceptors (Lipinski definition) is 2. The van der Waals surface area contributed by atoms with Gasteiger partial charge in [-0.15, -0.1) is 0 Å². The lowest BCUT2D eigenvalue weighted by molar-refractivity contribution is 0.293. The highest BCUT2D eigenvalue weighted by atomic mass is 15.1. The molecule has 2 N–H and O–H groups in total. The summed E-state index contributed by atoms with van der Waals surface area (Å²) in [6.45, 7) is 3.48. The van der Waals surface area contributed by atoms with E-state index in [1.165, 1.54) is 19.4 Å². The molecule has 0 aromatic carbocycles. The van der Waals surface area contributed by atoms with E-state index in [1.807, 2.05) is 7.05 Å². The van der Waals surface area contributed by atoms with E-state index in [2.05, 4.69) is 17.6 Å². The zero-order chi connectivity index (χ0) is 6.69. The van der Waals surface area contributed by atoms with Crippen LogP contribution in [0.5, 0.6) is 0 Å². The molecule has 2 unspecified atom stereocenters. The summed E-state index contributed by atoms with van der Waals surface area (Å²) in [5.74, 6) is 0.892. The van der Waals surface area contributed by atoms with Crippen molar-refractivity contribution in [3.8, 4) is 0 Å². The van der Waals surface area contributed by atoms with Crippen molar-refractivity contribution >= 4 is 0 Å². The highest BCUT2D eigenvalue weighted by Gasteiger charge is 2.15. The Morgan fingerprint density at radius 2 is 2.33 bits per heavy atom. The van der Waals surface area contributed by atoms with E-state index in [0.717, 1.165) is 5.92 Å². The lowest BCUT2D eigenvalue weighted by Gasteiger charge is -2.27. The SMILES string of the molecule is CNC1CC(C)CCN1. The van der Waals surface area contributed by atoms with Gasteiger partial charge in [-0.05, 0) is 32.4 Å². The second-order valence-electron chi connectivity index (χ2n) is 2.92. The first-order chi connectivity index (χ1) is 4.33. The Balaban J connectivity index is 2.23. The average Bonchev–Trinajstić information content (AvgIpc) is 1.88. The molecule has 1 rings (SSSR count). The predicted octanol–water partition coefficient (Wildman–Crippen LogP) is 0.551. The molecule has 0 aromatic heterocycles. The normalized spacial score (nSPS) is 36.7. The van der Waals surface area contributed by atoms with Gasteiger partial charge in [0, 0.05) is 0 Å². The molecule has 54 valence electrons. The Morgan fingerprint density at radius 1 is 1.56 bits per heavy atom. The fourth-order valence-electron chi connectivity index (χ4n) is 1.33. The lowest BCUT2D eigenvalue weighted by atomic mass is 9.98. The van der Waals surface area contributed by atoms with E-state index in [1.54, 1.807) is 0 Å². The first-order valence-electron chi connectivity index (χ1n) is 3.73. The molecule has 2 nitrogen and oxygen atoms in total. The third-order valence-electron chi connectivity index (χ3n) is 2.01. The molecular weight excluding hydrogens is 112 g/mol. The van der Waals surface area contributed by atoms with Gasteiger partial charge in [0.25, 0.3) is 0 Å². The summed E-state index contributed by atoms with van der Waals surface area (Å²) in [5, 5.41) is 6.61. The minimum absolute atomic E-state index is 0.564. The monoisotopic (exact) mass is 128 g/mol. The van der Waals surface area contributed by atoms with Crippen LogP contribution in [0.1, 0.15) is 19.8 Å². The molecule has 1 heterocycles. The van der Waals surface area contributed by atoms with Gasteiger partial charge in [-0.25, -0.2) is 0 Å². The van der Waals surface area contributed by atoms with Crippen LogP contribution in [-0.4, -0.2) is 19.8 Å². The fourth-order valence-corrected chi connectivity index (χ4v) is 1.33. The van der Waals surface area contributed by atoms with Crippen LogP contribution in [0.2, 0.25) is 0 Å². The summed E-state index contributed by atoms with van der Waals surface area (Å²) in [5.41, 5.74) is 0. The minimum atomic E-state index is 0.564. The van der Waals surface area contributed by atoms with E-state index >= 15 is 0 Å². The number of hydrogen-bond donors (Lipinski definition) is 2. The predicted molar refractivity (Wildman–Crippen MR) is 39.2 cm³/mol. The molecule has 1 aliphatic heterocycles. The van der Waals surface area contributed by atoms with Crippen molar-refractivity contribution in [1.29, 1.82) is 0 Å². The van der Waals surface area contributed by atoms with Gasteiger partial charge >= 0.3 is 0 Å². The molecule has 1 aliphatic rings. The van der Waals surface area contributed by atoms with Crippen molar-refractivity contribution in [3.05, 3.63) is 0 Å². The third kappa shape index (κ3) is 1.95. The molecule has 0 aliphatic carbocycles. The second kappa shape index (κ2) is 3.18. The molecule has 0 saturated carbocycles. The van der Waals surface area contributed by atoms with Crippen LogP contribution in [-0.2, 0) is 0 Å². The van der Waals surface area contributed by atoms with Crippen LogP contribution in [0.15, 0.2) is 0 Å². The molecular formula is C7H16N2.